The number of ketones is 1. The zero-order valence-electron chi connectivity index (χ0n) is 22.7. The summed E-state index contributed by atoms with van der Waals surface area (Å²) in [5.41, 5.74) is 2.79. The molecule has 0 aliphatic heterocycles. The van der Waals surface area contributed by atoms with Crippen molar-refractivity contribution in [3.05, 3.63) is 29.8 Å². The van der Waals surface area contributed by atoms with Gasteiger partial charge in [0.2, 0.25) is 0 Å². The second-order valence-corrected chi connectivity index (χ2v) is 14.8. The molecule has 35 heavy (non-hydrogen) atoms. The van der Waals surface area contributed by atoms with Gasteiger partial charge in [-0.05, 0) is 109 Å². The fraction of sp³-hybridized carbons (Fsp3) is 0.767. The first-order chi connectivity index (χ1) is 16.6. The van der Waals surface area contributed by atoms with Crippen molar-refractivity contribution in [3.63, 3.8) is 0 Å². The van der Waals surface area contributed by atoms with Crippen LogP contribution in [0.3, 0.4) is 0 Å². The Labute approximate surface area is 215 Å². The molecule has 0 bridgehead atoms. The fourth-order valence-corrected chi connectivity index (χ4v) is 7.33. The van der Waals surface area contributed by atoms with Crippen molar-refractivity contribution >= 4 is 21.3 Å². The van der Waals surface area contributed by atoms with Crippen LogP contribution in [-0.4, -0.2) is 37.8 Å². The van der Waals surface area contributed by atoms with Gasteiger partial charge in [-0.15, -0.1) is 0 Å². The van der Waals surface area contributed by atoms with Crippen molar-refractivity contribution in [2.45, 2.75) is 115 Å². The van der Waals surface area contributed by atoms with Gasteiger partial charge >= 0.3 is 0 Å². The van der Waals surface area contributed by atoms with Gasteiger partial charge in [0.1, 0.15) is 5.78 Å². The van der Waals surface area contributed by atoms with Crippen LogP contribution in [0.4, 0.5) is 5.69 Å². The Morgan fingerprint density at radius 2 is 1.54 bits per heavy atom. The molecular weight excluding hydrogens is 454 g/mol. The number of hydrogen-bond acceptors (Lipinski definition) is 4. The van der Waals surface area contributed by atoms with Crippen molar-refractivity contribution in [3.8, 4) is 0 Å². The molecule has 4 nitrogen and oxygen atoms in total. The Balaban J connectivity index is 1.37. The van der Waals surface area contributed by atoms with Gasteiger partial charge in [-0.2, -0.15) is 0 Å². The monoisotopic (exact) mass is 503 g/mol. The molecule has 0 atom stereocenters. The van der Waals surface area contributed by atoms with E-state index in [9.17, 15) is 13.2 Å². The van der Waals surface area contributed by atoms with E-state index in [1.807, 2.05) is 0 Å². The third kappa shape index (κ3) is 8.06. The Bertz CT molecular complexity index is 887. The largest absolute Gasteiger partial charge is 0.372 e. The lowest BCUT2D eigenvalue weighted by molar-refractivity contribution is -0.124. The second-order valence-electron chi connectivity index (χ2n) is 12.0. The van der Waals surface area contributed by atoms with Crippen LogP contribution in [0, 0.1) is 11.8 Å². The summed E-state index contributed by atoms with van der Waals surface area (Å²) in [7, 11) is -3.08. The maximum Gasteiger partial charge on any atom is 0.155 e. The van der Waals surface area contributed by atoms with Crippen LogP contribution in [0.25, 0.3) is 0 Å². The van der Waals surface area contributed by atoms with E-state index in [4.69, 9.17) is 0 Å². The van der Waals surface area contributed by atoms with Crippen LogP contribution in [0.5, 0.6) is 0 Å². The molecule has 1 aromatic rings. The van der Waals surface area contributed by atoms with Crippen molar-refractivity contribution in [2.75, 3.05) is 23.7 Å². The molecule has 3 rings (SSSR count). The third-order valence-electron chi connectivity index (χ3n) is 8.51. The SMILES string of the molecule is CCN(CCCCC(=O)C1CCC(CS(=O)(=O)C(C)(C)C)CC1)c1ccc(C2CCCCC2)cc1. The first kappa shape index (κ1) is 28.2. The molecular formula is C30H49NO3S. The summed E-state index contributed by atoms with van der Waals surface area (Å²) in [6.07, 6.45) is 12.9. The number of benzene rings is 1. The van der Waals surface area contributed by atoms with Crippen LogP contribution in [0.1, 0.15) is 116 Å². The number of carbonyl (C=O) groups is 1. The van der Waals surface area contributed by atoms with Crippen LogP contribution in [0.15, 0.2) is 24.3 Å². The number of sulfone groups is 1. The summed E-state index contributed by atoms with van der Waals surface area (Å²) in [6.45, 7) is 9.53. The molecule has 2 aliphatic rings. The zero-order chi connectivity index (χ0) is 25.5. The lowest BCUT2D eigenvalue weighted by atomic mass is 9.80. The molecule has 0 heterocycles. The van der Waals surface area contributed by atoms with Gasteiger partial charge in [-0.1, -0.05) is 31.4 Å². The van der Waals surface area contributed by atoms with Crippen LogP contribution < -0.4 is 4.90 Å². The van der Waals surface area contributed by atoms with Gasteiger partial charge in [0.25, 0.3) is 0 Å². The molecule has 5 heteroatoms. The average Bonchev–Trinajstić information content (AvgIpc) is 2.84. The number of hydrogen-bond donors (Lipinski definition) is 0. The zero-order valence-corrected chi connectivity index (χ0v) is 23.5. The van der Waals surface area contributed by atoms with Crippen molar-refractivity contribution in [1.29, 1.82) is 0 Å². The molecule has 198 valence electrons. The molecule has 0 saturated heterocycles. The maximum atomic E-state index is 12.8. The Morgan fingerprint density at radius 3 is 2.11 bits per heavy atom. The average molecular weight is 504 g/mol. The summed E-state index contributed by atoms with van der Waals surface area (Å²) in [6, 6.07) is 9.24. The summed E-state index contributed by atoms with van der Waals surface area (Å²) < 4.78 is 24.3. The van der Waals surface area contributed by atoms with E-state index >= 15 is 0 Å². The molecule has 0 unspecified atom stereocenters. The van der Waals surface area contributed by atoms with Gasteiger partial charge in [0.15, 0.2) is 9.84 Å². The van der Waals surface area contributed by atoms with Crippen LogP contribution in [0.2, 0.25) is 0 Å². The topological polar surface area (TPSA) is 54.5 Å². The van der Waals surface area contributed by atoms with E-state index in [-0.39, 0.29) is 17.6 Å². The minimum absolute atomic E-state index is 0.137. The molecule has 0 N–H and O–H groups in total. The molecule has 0 spiro atoms. The third-order valence-corrected chi connectivity index (χ3v) is 11.3. The number of anilines is 1. The van der Waals surface area contributed by atoms with Gasteiger partial charge < -0.3 is 4.90 Å². The Morgan fingerprint density at radius 1 is 0.914 bits per heavy atom. The number of nitrogens with zero attached hydrogens (tertiary/aromatic N) is 1. The van der Waals surface area contributed by atoms with E-state index in [0.717, 1.165) is 57.5 Å². The Kier molecular flexibility index (Phi) is 10.3. The van der Waals surface area contributed by atoms with Crippen LogP contribution in [-0.2, 0) is 14.6 Å². The highest BCUT2D eigenvalue weighted by Crippen LogP contribution is 2.34. The minimum Gasteiger partial charge on any atom is -0.372 e. The quantitative estimate of drug-likeness (QED) is 0.297. The molecule has 0 amide bonds. The highest BCUT2D eigenvalue weighted by Gasteiger charge is 2.34. The smallest absolute Gasteiger partial charge is 0.155 e. The lowest BCUT2D eigenvalue weighted by Crippen LogP contribution is -2.35. The fourth-order valence-electron chi connectivity index (χ4n) is 5.88. The molecule has 2 saturated carbocycles. The summed E-state index contributed by atoms with van der Waals surface area (Å²) in [5, 5.41) is 0. The van der Waals surface area contributed by atoms with Crippen molar-refractivity contribution in [2.24, 2.45) is 11.8 Å². The molecule has 0 radical (unpaired) electrons. The van der Waals surface area contributed by atoms with E-state index < -0.39 is 14.6 Å². The van der Waals surface area contributed by atoms with Crippen molar-refractivity contribution in [1.82, 2.24) is 0 Å². The molecule has 0 aromatic heterocycles. The Hall–Kier alpha value is -1.36. The highest BCUT2D eigenvalue weighted by atomic mass is 32.2. The normalized spacial score (nSPS) is 22.2. The molecule has 1 aromatic carbocycles. The van der Waals surface area contributed by atoms with E-state index in [1.54, 1.807) is 20.8 Å². The maximum absolute atomic E-state index is 12.8. The lowest BCUT2D eigenvalue weighted by Gasteiger charge is -2.30. The van der Waals surface area contributed by atoms with E-state index in [2.05, 4.69) is 36.1 Å². The summed E-state index contributed by atoms with van der Waals surface area (Å²) in [5.74, 6) is 1.76. The molecule has 2 aliphatic carbocycles. The van der Waals surface area contributed by atoms with Gasteiger partial charge in [-0.25, -0.2) is 8.42 Å². The first-order valence-corrected chi connectivity index (χ1v) is 15.9. The highest BCUT2D eigenvalue weighted by molar-refractivity contribution is 7.92. The minimum atomic E-state index is -3.08. The van der Waals surface area contributed by atoms with Crippen molar-refractivity contribution < 1.29 is 13.2 Å². The number of unbranched alkanes of at least 4 members (excludes halogenated alkanes) is 1. The number of rotatable bonds is 11. The number of carbonyl (C=O) groups excluding carboxylic acids is 1. The second kappa shape index (κ2) is 12.7. The first-order valence-electron chi connectivity index (χ1n) is 14.2. The summed E-state index contributed by atoms with van der Waals surface area (Å²) >= 11 is 0. The van der Waals surface area contributed by atoms with Gasteiger partial charge in [-0.3, -0.25) is 4.79 Å². The predicted molar refractivity (Wildman–Crippen MR) is 148 cm³/mol. The standard InChI is InChI=1S/C30H49NO3S/c1-5-31(28-20-18-26(19-21-28)25-11-7-6-8-12-25)22-10-9-13-29(32)27-16-14-24(15-17-27)23-35(33,34)30(2,3)4/h18-21,24-25,27H,5-17,22-23H2,1-4H3. The predicted octanol–water partition coefficient (Wildman–Crippen LogP) is 7.32. The number of Topliss-reactive ketones (excluding diaryl/α,β-unsaturated/α-hetero) is 1. The van der Waals surface area contributed by atoms with Gasteiger partial charge in [0, 0.05) is 31.1 Å². The molecule has 2 fully saturated rings. The summed E-state index contributed by atoms with van der Waals surface area (Å²) in [4.78, 5) is 15.2. The van der Waals surface area contributed by atoms with Gasteiger partial charge in [0.05, 0.1) is 10.5 Å². The van der Waals surface area contributed by atoms with Crippen LogP contribution >= 0.6 is 0 Å². The van der Waals surface area contributed by atoms with E-state index in [1.165, 1.54) is 43.4 Å². The van der Waals surface area contributed by atoms with E-state index in [0.29, 0.717) is 12.2 Å².